The molecule has 0 atom stereocenters. The van der Waals surface area contributed by atoms with E-state index in [-0.39, 0.29) is 29.9 Å². The highest BCUT2D eigenvalue weighted by Gasteiger charge is 2.24. The fraction of sp³-hybridized carbons (Fsp3) is 0.318. The van der Waals surface area contributed by atoms with Gasteiger partial charge in [0, 0.05) is 33.1 Å². The molecule has 2 aromatic carbocycles. The molecular formula is C22H25N3O5. The summed E-state index contributed by atoms with van der Waals surface area (Å²) in [6.07, 6.45) is 0.222. The lowest BCUT2D eigenvalue weighted by Crippen LogP contribution is -2.20. The number of benzene rings is 2. The third kappa shape index (κ3) is 3.99. The largest absolute Gasteiger partial charge is 0.505 e. The fourth-order valence-corrected chi connectivity index (χ4v) is 3.36. The fourth-order valence-electron chi connectivity index (χ4n) is 3.36. The van der Waals surface area contributed by atoms with Crippen LogP contribution in [0, 0.1) is 6.92 Å². The number of nitrogens with zero attached hydrogens (tertiary/aromatic N) is 3. The SMILES string of the molecule is COc1ccccc1C(=O)CCc1c(C(=O)ON(C)C)cc2c(nc(C)n2C)c1O. The number of aromatic hydroxyl groups is 1. The van der Waals surface area contributed by atoms with Crippen LogP contribution in [0.15, 0.2) is 30.3 Å². The van der Waals surface area contributed by atoms with Crippen LogP contribution >= 0.6 is 0 Å². The van der Waals surface area contributed by atoms with Gasteiger partial charge in [-0.2, -0.15) is 0 Å². The van der Waals surface area contributed by atoms with Gasteiger partial charge in [-0.05, 0) is 31.5 Å². The van der Waals surface area contributed by atoms with Crippen LogP contribution in [0.1, 0.15) is 38.5 Å². The molecule has 1 heterocycles. The number of ether oxygens (including phenoxy) is 1. The summed E-state index contributed by atoms with van der Waals surface area (Å²) < 4.78 is 7.04. The first-order chi connectivity index (χ1) is 14.2. The third-order valence-electron chi connectivity index (χ3n) is 4.97. The number of hydrogen-bond acceptors (Lipinski definition) is 7. The first kappa shape index (κ1) is 21.3. The Balaban J connectivity index is 2.01. The van der Waals surface area contributed by atoms with E-state index >= 15 is 0 Å². The van der Waals surface area contributed by atoms with Crippen molar-refractivity contribution in [3.8, 4) is 11.5 Å². The first-order valence-electron chi connectivity index (χ1n) is 9.48. The molecular weight excluding hydrogens is 386 g/mol. The average molecular weight is 411 g/mol. The van der Waals surface area contributed by atoms with Gasteiger partial charge in [-0.3, -0.25) is 4.79 Å². The molecule has 0 fully saturated rings. The Kier molecular flexibility index (Phi) is 6.07. The van der Waals surface area contributed by atoms with Gasteiger partial charge in [0.05, 0.1) is 23.8 Å². The zero-order valence-electron chi connectivity index (χ0n) is 17.7. The Morgan fingerprint density at radius 3 is 2.57 bits per heavy atom. The molecule has 1 N–H and O–H groups in total. The summed E-state index contributed by atoms with van der Waals surface area (Å²) in [5.41, 5.74) is 1.97. The summed E-state index contributed by atoms with van der Waals surface area (Å²) in [4.78, 5) is 35.1. The number of ketones is 1. The minimum atomic E-state index is -0.615. The smallest absolute Gasteiger partial charge is 0.357 e. The maximum atomic E-state index is 12.8. The molecule has 0 amide bonds. The van der Waals surface area contributed by atoms with Gasteiger partial charge in [0.1, 0.15) is 22.8 Å². The van der Waals surface area contributed by atoms with E-state index in [9.17, 15) is 14.7 Å². The van der Waals surface area contributed by atoms with Crippen molar-refractivity contribution in [3.05, 3.63) is 52.8 Å². The number of carbonyl (C=O) groups excluding carboxylic acids is 2. The summed E-state index contributed by atoms with van der Waals surface area (Å²) in [6, 6.07) is 8.59. The van der Waals surface area contributed by atoms with Gasteiger partial charge in [-0.1, -0.05) is 12.1 Å². The highest BCUT2D eigenvalue weighted by atomic mass is 16.7. The zero-order valence-corrected chi connectivity index (χ0v) is 17.7. The van der Waals surface area contributed by atoms with Crippen molar-refractivity contribution in [2.75, 3.05) is 21.2 Å². The third-order valence-corrected chi connectivity index (χ3v) is 4.97. The molecule has 0 aliphatic carbocycles. The minimum Gasteiger partial charge on any atom is -0.505 e. The molecule has 0 saturated heterocycles. The number of hydroxylamine groups is 2. The first-order valence-corrected chi connectivity index (χ1v) is 9.48. The second kappa shape index (κ2) is 8.54. The number of hydrogen-bond donors (Lipinski definition) is 1. The maximum absolute atomic E-state index is 12.8. The molecule has 8 nitrogen and oxygen atoms in total. The van der Waals surface area contributed by atoms with Crippen molar-refractivity contribution in [2.24, 2.45) is 7.05 Å². The Morgan fingerprint density at radius 2 is 1.90 bits per heavy atom. The van der Waals surface area contributed by atoms with Gasteiger partial charge in [-0.15, -0.1) is 5.06 Å². The molecule has 1 aromatic heterocycles. The molecule has 0 spiro atoms. The Labute approximate surface area is 174 Å². The molecule has 0 aliphatic rings. The number of para-hydroxylation sites is 1. The van der Waals surface area contributed by atoms with Crippen LogP contribution in [0.3, 0.4) is 0 Å². The minimum absolute atomic E-state index is 0.0769. The number of aryl methyl sites for hydroxylation is 2. The zero-order chi connectivity index (χ0) is 22.0. The molecule has 0 saturated carbocycles. The number of imidazole rings is 1. The standard InChI is InChI=1S/C22H25N3O5/c1-13-23-20-17(25(13)4)12-16(22(28)30-24(2)3)14(21(20)27)10-11-18(26)15-8-6-7-9-19(15)29-5/h6-9,12,27H,10-11H2,1-5H3. The van der Waals surface area contributed by atoms with E-state index in [4.69, 9.17) is 9.57 Å². The van der Waals surface area contributed by atoms with Gasteiger partial charge < -0.3 is 19.2 Å². The molecule has 0 radical (unpaired) electrons. The summed E-state index contributed by atoms with van der Waals surface area (Å²) in [5, 5.41) is 12.2. The quantitative estimate of drug-likeness (QED) is 0.472. The molecule has 3 aromatic rings. The van der Waals surface area contributed by atoms with Gasteiger partial charge >= 0.3 is 5.97 Å². The lowest BCUT2D eigenvalue weighted by Gasteiger charge is -2.15. The van der Waals surface area contributed by atoms with Crippen LogP contribution in [0.2, 0.25) is 0 Å². The van der Waals surface area contributed by atoms with Gasteiger partial charge in [0.15, 0.2) is 5.78 Å². The Bertz CT molecular complexity index is 1120. The van der Waals surface area contributed by atoms with Crippen molar-refractivity contribution in [1.29, 1.82) is 0 Å². The summed E-state index contributed by atoms with van der Waals surface area (Å²) in [5.74, 6) is 0.283. The molecule has 158 valence electrons. The highest BCUT2D eigenvalue weighted by Crippen LogP contribution is 2.33. The molecule has 8 heteroatoms. The van der Waals surface area contributed by atoms with E-state index in [0.717, 1.165) is 0 Å². The monoisotopic (exact) mass is 411 g/mol. The van der Waals surface area contributed by atoms with E-state index in [1.807, 2.05) is 6.92 Å². The van der Waals surface area contributed by atoms with E-state index < -0.39 is 5.97 Å². The Morgan fingerprint density at radius 1 is 1.20 bits per heavy atom. The van der Waals surface area contributed by atoms with Crippen molar-refractivity contribution in [3.63, 3.8) is 0 Å². The number of Topliss-reactive ketones (excluding diaryl/α,β-unsaturated/α-hetero) is 1. The normalized spacial score (nSPS) is 11.1. The summed E-state index contributed by atoms with van der Waals surface area (Å²) in [7, 11) is 6.49. The molecule has 0 unspecified atom stereocenters. The van der Waals surface area contributed by atoms with E-state index in [0.29, 0.717) is 33.7 Å². The van der Waals surface area contributed by atoms with Gasteiger partial charge in [0.2, 0.25) is 0 Å². The number of methoxy groups -OCH3 is 1. The molecule has 0 aliphatic heterocycles. The molecule has 30 heavy (non-hydrogen) atoms. The van der Waals surface area contributed by atoms with Crippen molar-refractivity contribution < 1.29 is 24.3 Å². The second-order valence-corrected chi connectivity index (χ2v) is 7.15. The van der Waals surface area contributed by atoms with Crippen molar-refractivity contribution in [2.45, 2.75) is 19.8 Å². The predicted octanol–water partition coefficient (Wildman–Crippen LogP) is 3.04. The number of aromatic nitrogens is 2. The number of phenolic OH excluding ortho intramolecular Hbond substituents is 1. The number of rotatable bonds is 7. The van der Waals surface area contributed by atoms with Crippen LogP contribution in [0.25, 0.3) is 11.0 Å². The van der Waals surface area contributed by atoms with Gasteiger partial charge in [0.25, 0.3) is 0 Å². The second-order valence-electron chi connectivity index (χ2n) is 7.15. The maximum Gasteiger partial charge on any atom is 0.357 e. The van der Waals surface area contributed by atoms with E-state index in [2.05, 4.69) is 4.98 Å². The predicted molar refractivity (Wildman–Crippen MR) is 112 cm³/mol. The average Bonchev–Trinajstić information content (AvgIpc) is 3.00. The number of phenols is 1. The summed E-state index contributed by atoms with van der Waals surface area (Å²) in [6.45, 7) is 1.81. The van der Waals surface area contributed by atoms with Crippen LogP contribution < -0.4 is 4.74 Å². The lowest BCUT2D eigenvalue weighted by atomic mass is 9.97. The lowest BCUT2D eigenvalue weighted by molar-refractivity contribution is -0.0714. The van der Waals surface area contributed by atoms with Crippen molar-refractivity contribution in [1.82, 2.24) is 14.6 Å². The van der Waals surface area contributed by atoms with Crippen molar-refractivity contribution >= 4 is 22.8 Å². The molecule has 0 bridgehead atoms. The van der Waals surface area contributed by atoms with E-state index in [1.54, 1.807) is 56.0 Å². The van der Waals surface area contributed by atoms with Crippen LogP contribution in [0.5, 0.6) is 11.5 Å². The number of fused-ring (bicyclic) bond motifs is 1. The van der Waals surface area contributed by atoms with Crippen LogP contribution in [0.4, 0.5) is 0 Å². The van der Waals surface area contributed by atoms with E-state index in [1.165, 1.54) is 12.2 Å². The summed E-state index contributed by atoms with van der Waals surface area (Å²) >= 11 is 0. The Hall–Kier alpha value is -3.39. The van der Waals surface area contributed by atoms with Crippen LogP contribution in [-0.2, 0) is 18.3 Å². The van der Waals surface area contributed by atoms with Crippen LogP contribution in [-0.4, -0.2) is 52.7 Å². The highest BCUT2D eigenvalue weighted by molar-refractivity contribution is 6.01. The number of carbonyl (C=O) groups is 2. The topological polar surface area (TPSA) is 93.9 Å². The molecule has 3 rings (SSSR count). The van der Waals surface area contributed by atoms with Gasteiger partial charge in [-0.25, -0.2) is 9.78 Å².